The zero-order valence-corrected chi connectivity index (χ0v) is 10.5. The van der Waals surface area contributed by atoms with Crippen LogP contribution in [0.3, 0.4) is 0 Å². The zero-order valence-electron chi connectivity index (χ0n) is 9.74. The first-order valence-corrected chi connectivity index (χ1v) is 6.12. The number of hydrogen-bond donors (Lipinski definition) is 1. The number of aromatic nitrogens is 1. The van der Waals surface area contributed by atoms with E-state index in [2.05, 4.69) is 10.3 Å². The third-order valence-electron chi connectivity index (χ3n) is 2.59. The number of rotatable bonds is 5. The summed E-state index contributed by atoms with van der Waals surface area (Å²) in [6, 6.07) is 7.91. The van der Waals surface area contributed by atoms with Gasteiger partial charge in [0.25, 0.3) is 0 Å². The predicted molar refractivity (Wildman–Crippen MR) is 72.1 cm³/mol. The highest BCUT2D eigenvalue weighted by molar-refractivity contribution is 6.17. The van der Waals surface area contributed by atoms with Crippen molar-refractivity contribution in [3.05, 3.63) is 30.5 Å². The summed E-state index contributed by atoms with van der Waals surface area (Å²) < 4.78 is 5.33. The lowest BCUT2D eigenvalue weighted by atomic mass is 10.1. The van der Waals surface area contributed by atoms with Crippen molar-refractivity contribution in [3.63, 3.8) is 0 Å². The van der Waals surface area contributed by atoms with Crippen LogP contribution < -0.4 is 10.1 Å². The molecule has 0 unspecified atom stereocenters. The summed E-state index contributed by atoms with van der Waals surface area (Å²) in [7, 11) is 1.68. The van der Waals surface area contributed by atoms with Gasteiger partial charge in [0.2, 0.25) is 0 Å². The molecule has 0 aliphatic carbocycles. The molecule has 0 atom stereocenters. The number of fused-ring (bicyclic) bond motifs is 1. The Bertz CT molecular complexity index is 502. The molecule has 0 radical (unpaired) electrons. The van der Waals surface area contributed by atoms with Gasteiger partial charge in [-0.3, -0.25) is 0 Å². The van der Waals surface area contributed by atoms with Crippen LogP contribution in [0.2, 0.25) is 0 Å². The third-order valence-corrected chi connectivity index (χ3v) is 2.86. The van der Waals surface area contributed by atoms with Crippen LogP contribution in [0.1, 0.15) is 6.42 Å². The Labute approximate surface area is 106 Å². The maximum atomic E-state index is 5.65. The molecule has 0 bridgehead atoms. The Kier molecular flexibility index (Phi) is 4.04. The summed E-state index contributed by atoms with van der Waals surface area (Å²) in [6.45, 7) is 0.826. The van der Waals surface area contributed by atoms with E-state index in [4.69, 9.17) is 16.3 Å². The smallest absolute Gasteiger partial charge is 0.133 e. The molecule has 90 valence electrons. The molecule has 17 heavy (non-hydrogen) atoms. The zero-order chi connectivity index (χ0) is 12.1. The molecular formula is C13H15ClN2O. The summed E-state index contributed by atoms with van der Waals surface area (Å²) in [4.78, 5) is 4.34. The first kappa shape index (κ1) is 12.0. The number of methoxy groups -OCH3 is 1. The van der Waals surface area contributed by atoms with Gasteiger partial charge in [-0.25, -0.2) is 4.98 Å². The second-order valence-corrected chi connectivity index (χ2v) is 4.06. The van der Waals surface area contributed by atoms with Gasteiger partial charge in [0.05, 0.1) is 7.11 Å². The quantitative estimate of drug-likeness (QED) is 0.653. The van der Waals surface area contributed by atoms with E-state index in [0.717, 1.165) is 35.3 Å². The van der Waals surface area contributed by atoms with Gasteiger partial charge >= 0.3 is 0 Å². The molecule has 3 nitrogen and oxygen atoms in total. The lowest BCUT2D eigenvalue weighted by Crippen LogP contribution is -2.04. The van der Waals surface area contributed by atoms with E-state index in [-0.39, 0.29) is 0 Å². The molecule has 0 aliphatic heterocycles. The normalized spacial score (nSPS) is 10.5. The van der Waals surface area contributed by atoms with Gasteiger partial charge in [-0.05, 0) is 18.6 Å². The van der Waals surface area contributed by atoms with Crippen LogP contribution in [0.4, 0.5) is 5.82 Å². The molecule has 0 amide bonds. The summed E-state index contributed by atoms with van der Waals surface area (Å²) in [5, 5.41) is 5.43. The minimum absolute atomic E-state index is 0.654. The molecule has 1 heterocycles. The van der Waals surface area contributed by atoms with Gasteiger partial charge in [0, 0.05) is 29.4 Å². The van der Waals surface area contributed by atoms with Gasteiger partial charge in [-0.1, -0.05) is 12.1 Å². The highest BCUT2D eigenvalue weighted by Gasteiger charge is 2.05. The molecule has 0 saturated carbocycles. The fraction of sp³-hybridized carbons (Fsp3) is 0.308. The number of alkyl halides is 1. The predicted octanol–water partition coefficient (Wildman–Crippen LogP) is 3.28. The summed E-state index contributed by atoms with van der Waals surface area (Å²) in [6.07, 6.45) is 2.71. The van der Waals surface area contributed by atoms with Gasteiger partial charge in [-0.15, -0.1) is 11.6 Å². The second kappa shape index (κ2) is 5.73. The van der Waals surface area contributed by atoms with E-state index >= 15 is 0 Å². The fourth-order valence-corrected chi connectivity index (χ4v) is 1.90. The van der Waals surface area contributed by atoms with E-state index in [1.54, 1.807) is 13.3 Å². The van der Waals surface area contributed by atoms with E-state index in [0.29, 0.717) is 5.88 Å². The molecule has 0 aliphatic rings. The lowest BCUT2D eigenvalue weighted by Gasteiger charge is -2.10. The highest BCUT2D eigenvalue weighted by Crippen LogP contribution is 2.28. The SMILES string of the molecule is COc1cccc2c(NCCCCl)nccc12. The number of anilines is 1. The van der Waals surface area contributed by atoms with Crippen molar-refractivity contribution in [2.24, 2.45) is 0 Å². The topological polar surface area (TPSA) is 34.1 Å². The number of ether oxygens (including phenoxy) is 1. The number of halogens is 1. The highest BCUT2D eigenvalue weighted by atomic mass is 35.5. The molecule has 1 N–H and O–H groups in total. The van der Waals surface area contributed by atoms with E-state index in [9.17, 15) is 0 Å². The van der Waals surface area contributed by atoms with Crippen LogP contribution in [0.5, 0.6) is 5.75 Å². The Morgan fingerprint density at radius 1 is 1.29 bits per heavy atom. The van der Waals surface area contributed by atoms with Crippen LogP contribution in [-0.4, -0.2) is 24.5 Å². The molecule has 0 saturated heterocycles. The van der Waals surface area contributed by atoms with Crippen molar-refractivity contribution in [1.29, 1.82) is 0 Å². The van der Waals surface area contributed by atoms with Gasteiger partial charge in [0.15, 0.2) is 0 Å². The molecule has 0 spiro atoms. The van der Waals surface area contributed by atoms with Crippen molar-refractivity contribution < 1.29 is 4.74 Å². The van der Waals surface area contributed by atoms with E-state index in [1.807, 2.05) is 24.3 Å². The summed E-state index contributed by atoms with van der Waals surface area (Å²) >= 11 is 5.65. The Hall–Kier alpha value is -1.48. The molecular weight excluding hydrogens is 236 g/mol. The first-order valence-electron chi connectivity index (χ1n) is 5.58. The maximum Gasteiger partial charge on any atom is 0.133 e. The maximum absolute atomic E-state index is 5.65. The van der Waals surface area contributed by atoms with Gasteiger partial charge in [-0.2, -0.15) is 0 Å². The van der Waals surface area contributed by atoms with Crippen molar-refractivity contribution in [1.82, 2.24) is 4.98 Å². The van der Waals surface area contributed by atoms with Crippen LogP contribution in [-0.2, 0) is 0 Å². The van der Waals surface area contributed by atoms with Crippen LogP contribution >= 0.6 is 11.6 Å². The molecule has 1 aromatic carbocycles. The van der Waals surface area contributed by atoms with Crippen molar-refractivity contribution in [3.8, 4) is 5.75 Å². The summed E-state index contributed by atoms with van der Waals surface area (Å²) in [5.74, 6) is 2.40. The molecule has 4 heteroatoms. The van der Waals surface area contributed by atoms with Gasteiger partial charge < -0.3 is 10.1 Å². The number of hydrogen-bond acceptors (Lipinski definition) is 3. The monoisotopic (exact) mass is 250 g/mol. The molecule has 2 rings (SSSR count). The Morgan fingerprint density at radius 3 is 2.94 bits per heavy atom. The number of nitrogens with one attached hydrogen (secondary N) is 1. The fourth-order valence-electron chi connectivity index (χ4n) is 1.77. The standard InChI is InChI=1S/C13H15ClN2O/c1-17-12-5-2-4-11-10(12)6-9-16-13(11)15-8-3-7-14/h2,4-6,9H,3,7-8H2,1H3,(H,15,16). The number of nitrogens with zero attached hydrogens (tertiary/aromatic N) is 1. The van der Waals surface area contributed by atoms with E-state index in [1.165, 1.54) is 0 Å². The second-order valence-electron chi connectivity index (χ2n) is 3.68. The minimum atomic E-state index is 0.654. The van der Waals surface area contributed by atoms with Crippen LogP contribution in [0, 0.1) is 0 Å². The van der Waals surface area contributed by atoms with E-state index < -0.39 is 0 Å². The third kappa shape index (κ3) is 2.61. The van der Waals surface area contributed by atoms with Crippen LogP contribution in [0.25, 0.3) is 10.8 Å². The average molecular weight is 251 g/mol. The first-order chi connectivity index (χ1) is 8.36. The molecule has 2 aromatic rings. The minimum Gasteiger partial charge on any atom is -0.496 e. The Morgan fingerprint density at radius 2 is 2.18 bits per heavy atom. The van der Waals surface area contributed by atoms with Gasteiger partial charge in [0.1, 0.15) is 11.6 Å². The van der Waals surface area contributed by atoms with Crippen LogP contribution in [0.15, 0.2) is 30.5 Å². The lowest BCUT2D eigenvalue weighted by molar-refractivity contribution is 0.420. The van der Waals surface area contributed by atoms with Crippen molar-refractivity contribution in [2.45, 2.75) is 6.42 Å². The number of benzene rings is 1. The largest absolute Gasteiger partial charge is 0.496 e. The summed E-state index contributed by atoms with van der Waals surface area (Å²) in [5.41, 5.74) is 0. The molecule has 0 fully saturated rings. The number of pyridine rings is 1. The Balaban J connectivity index is 2.36. The van der Waals surface area contributed by atoms with Crippen molar-refractivity contribution in [2.75, 3.05) is 24.9 Å². The van der Waals surface area contributed by atoms with Crippen molar-refractivity contribution >= 4 is 28.2 Å². The molecule has 1 aromatic heterocycles. The average Bonchev–Trinajstić information content (AvgIpc) is 2.38.